The van der Waals surface area contributed by atoms with E-state index >= 15 is 0 Å². The fraction of sp³-hybridized carbons (Fsp3) is 0.500. The van der Waals surface area contributed by atoms with Gasteiger partial charge in [0.1, 0.15) is 35.9 Å². The van der Waals surface area contributed by atoms with Gasteiger partial charge in [-0.15, -0.1) is 0 Å². The van der Waals surface area contributed by atoms with E-state index in [9.17, 15) is 42.6 Å². The fourth-order valence-corrected chi connectivity index (χ4v) is 8.07. The molecule has 284 valence electrons. The normalized spacial score (nSPS) is 29.3. The summed E-state index contributed by atoms with van der Waals surface area (Å²) in [7, 11) is 0. The number of amides is 2. The molecule has 3 heterocycles. The van der Waals surface area contributed by atoms with Crippen molar-refractivity contribution in [1.29, 1.82) is 0 Å². The Bertz CT molecular complexity index is 1780. The van der Waals surface area contributed by atoms with Crippen molar-refractivity contribution in [3.63, 3.8) is 0 Å². The number of aliphatic hydroxyl groups is 2. The van der Waals surface area contributed by atoms with E-state index in [1.807, 2.05) is 24.3 Å². The minimum absolute atomic E-state index is 0.0580. The van der Waals surface area contributed by atoms with Crippen molar-refractivity contribution in [1.82, 2.24) is 15.7 Å². The third-order valence-corrected chi connectivity index (χ3v) is 10.3. The highest BCUT2D eigenvalue weighted by molar-refractivity contribution is 5.96. The van der Waals surface area contributed by atoms with Crippen LogP contribution in [-0.4, -0.2) is 113 Å². The fourth-order valence-electron chi connectivity index (χ4n) is 8.07. The second-order valence-electron chi connectivity index (χ2n) is 13.9. The van der Waals surface area contributed by atoms with Crippen molar-refractivity contribution in [3.8, 4) is 0 Å². The lowest BCUT2D eigenvalue weighted by Crippen LogP contribution is -2.71. The van der Waals surface area contributed by atoms with E-state index in [-0.39, 0.29) is 26.1 Å². The monoisotopic (exact) mass is 745 g/mol. The van der Waals surface area contributed by atoms with Crippen LogP contribution in [0.5, 0.6) is 0 Å². The molecule has 8 unspecified atom stereocenters. The molecule has 1 saturated carbocycles. The van der Waals surface area contributed by atoms with Crippen LogP contribution in [0.1, 0.15) is 35.6 Å². The maximum Gasteiger partial charge on any atom is 0.422 e. The lowest BCUT2D eigenvalue weighted by molar-refractivity contribution is -0.217. The molecule has 2 bridgehead atoms. The van der Waals surface area contributed by atoms with Crippen molar-refractivity contribution >= 4 is 29.8 Å². The molecule has 1 spiro atoms. The number of halogens is 3. The number of carbonyl (C=O) groups excluding carboxylic acids is 4. The van der Waals surface area contributed by atoms with Gasteiger partial charge < -0.3 is 39.8 Å². The second-order valence-corrected chi connectivity index (χ2v) is 13.9. The number of alkyl halides is 3. The number of rotatable bonds is 11. The van der Waals surface area contributed by atoms with E-state index in [4.69, 9.17) is 19.0 Å². The van der Waals surface area contributed by atoms with Gasteiger partial charge in [0.15, 0.2) is 18.4 Å². The molecule has 14 nitrogen and oxygen atoms in total. The van der Waals surface area contributed by atoms with Crippen molar-refractivity contribution in [2.45, 2.75) is 87.3 Å². The molecule has 53 heavy (non-hydrogen) atoms. The van der Waals surface area contributed by atoms with Gasteiger partial charge in [0.05, 0.1) is 19.3 Å². The SMILES string of the molecule is CC(O)C(NC(=O)C12CC3OC(=O)C1N(Cc1cccc(C=CC(=O)OCC(F)(F)F)c1)OC2C1OC2(Cc4ccccc4C2)OC31)C(=O)NCCO. The molecule has 3 saturated heterocycles. The van der Waals surface area contributed by atoms with Gasteiger partial charge in [0, 0.05) is 31.9 Å². The number of fused-ring (bicyclic) bond motifs is 5. The number of benzene rings is 2. The number of carbonyl (C=O) groups is 4. The number of aliphatic hydroxyl groups excluding tert-OH is 2. The molecular formula is C36H38F3N3O11. The summed E-state index contributed by atoms with van der Waals surface area (Å²) in [5.74, 6) is -4.58. The highest BCUT2D eigenvalue weighted by atomic mass is 19.4. The first-order valence-corrected chi connectivity index (χ1v) is 17.2. The van der Waals surface area contributed by atoms with Gasteiger partial charge in [-0.05, 0) is 35.3 Å². The number of hydroxylamine groups is 2. The van der Waals surface area contributed by atoms with Crippen molar-refractivity contribution in [2.75, 3.05) is 19.8 Å². The van der Waals surface area contributed by atoms with Gasteiger partial charge in [-0.2, -0.15) is 18.2 Å². The van der Waals surface area contributed by atoms with Crippen molar-refractivity contribution < 1.29 is 66.3 Å². The number of esters is 2. The Kier molecular flexibility index (Phi) is 9.84. The standard InChI is InChI=1S/C36H38F3N3O11/c1-19(44)26(31(46)40-11-12-43)41-33(48)35-16-24-27-28(52-34(51-27)14-22-7-2-3-8-23(22)15-34)30(35)53-42(29(35)32(47)50-24)17-21-6-4-5-20(13-21)9-10-25(45)49-18-36(37,38)39/h2-10,13,19,24,26-30,43-44H,11-12,14-18H2,1H3,(H,40,46)(H,41,48). The smallest absolute Gasteiger partial charge is 0.422 e. The number of nitrogens with one attached hydrogen (secondary N) is 2. The number of hydrogen-bond donors (Lipinski definition) is 4. The van der Waals surface area contributed by atoms with Crippen LogP contribution < -0.4 is 10.6 Å². The highest BCUT2D eigenvalue weighted by Gasteiger charge is 2.76. The van der Waals surface area contributed by atoms with Gasteiger partial charge in [-0.1, -0.05) is 48.5 Å². The average molecular weight is 746 g/mol. The van der Waals surface area contributed by atoms with Gasteiger partial charge >= 0.3 is 18.1 Å². The molecule has 2 amide bonds. The summed E-state index contributed by atoms with van der Waals surface area (Å²) in [4.78, 5) is 60.0. The number of hydrogen-bond acceptors (Lipinski definition) is 12. The summed E-state index contributed by atoms with van der Waals surface area (Å²) in [5.41, 5.74) is 1.33. The zero-order chi connectivity index (χ0) is 37.7. The first kappa shape index (κ1) is 36.9. The Labute approximate surface area is 301 Å². The minimum Gasteiger partial charge on any atom is -0.458 e. The van der Waals surface area contributed by atoms with E-state index in [0.717, 1.165) is 17.2 Å². The van der Waals surface area contributed by atoms with Crippen LogP contribution >= 0.6 is 0 Å². The molecule has 7 rings (SSSR count). The molecule has 17 heteroatoms. The van der Waals surface area contributed by atoms with Gasteiger partial charge in [0.25, 0.3) is 0 Å². The Morgan fingerprint density at radius 2 is 1.81 bits per heavy atom. The summed E-state index contributed by atoms with van der Waals surface area (Å²) < 4.78 is 60.9. The van der Waals surface area contributed by atoms with Crippen LogP contribution in [0, 0.1) is 5.41 Å². The molecule has 2 aliphatic carbocycles. The first-order valence-electron chi connectivity index (χ1n) is 17.2. The van der Waals surface area contributed by atoms with E-state index in [1.54, 1.807) is 24.3 Å². The number of ether oxygens (including phenoxy) is 4. The third-order valence-electron chi connectivity index (χ3n) is 10.3. The Morgan fingerprint density at radius 3 is 2.49 bits per heavy atom. The van der Waals surface area contributed by atoms with E-state index in [2.05, 4.69) is 15.4 Å². The summed E-state index contributed by atoms with van der Waals surface area (Å²) in [6.45, 7) is -1.00. The number of nitrogens with zero attached hydrogens (tertiary/aromatic N) is 1. The minimum atomic E-state index is -4.67. The highest BCUT2D eigenvalue weighted by Crippen LogP contribution is 2.58. The Hall–Kier alpha value is -4.39. The molecule has 5 aliphatic rings. The Morgan fingerprint density at radius 1 is 1.09 bits per heavy atom. The summed E-state index contributed by atoms with van der Waals surface area (Å²) in [6, 6.07) is 11.5. The van der Waals surface area contributed by atoms with Crippen LogP contribution in [0.15, 0.2) is 54.6 Å². The quantitative estimate of drug-likeness (QED) is 0.189. The zero-order valence-electron chi connectivity index (χ0n) is 28.4. The van der Waals surface area contributed by atoms with Crippen LogP contribution in [0.4, 0.5) is 13.2 Å². The molecule has 2 aromatic rings. The van der Waals surface area contributed by atoms with Crippen LogP contribution in [0.25, 0.3) is 6.08 Å². The first-order chi connectivity index (χ1) is 25.2. The summed E-state index contributed by atoms with van der Waals surface area (Å²) in [6.07, 6.45) is -6.89. The molecule has 2 aromatic carbocycles. The molecule has 0 aromatic heterocycles. The molecular weight excluding hydrogens is 707 g/mol. The maximum absolute atomic E-state index is 14.6. The van der Waals surface area contributed by atoms with Crippen LogP contribution in [-0.2, 0) is 62.3 Å². The van der Waals surface area contributed by atoms with Crippen molar-refractivity contribution in [2.24, 2.45) is 5.41 Å². The topological polar surface area (TPSA) is 182 Å². The van der Waals surface area contributed by atoms with Crippen LogP contribution in [0.3, 0.4) is 0 Å². The molecule has 4 N–H and O–H groups in total. The molecule has 3 aliphatic heterocycles. The van der Waals surface area contributed by atoms with Crippen molar-refractivity contribution in [3.05, 3.63) is 76.9 Å². The molecule has 4 fully saturated rings. The summed E-state index contributed by atoms with van der Waals surface area (Å²) in [5, 5.41) is 26.2. The molecule has 0 radical (unpaired) electrons. The van der Waals surface area contributed by atoms with Crippen LogP contribution in [0.2, 0.25) is 0 Å². The Balaban J connectivity index is 1.19. The van der Waals surface area contributed by atoms with E-state index < -0.39 is 90.3 Å². The van der Waals surface area contributed by atoms with Gasteiger partial charge in [-0.25, -0.2) is 4.79 Å². The van der Waals surface area contributed by atoms with Gasteiger partial charge in [0.2, 0.25) is 11.8 Å². The van der Waals surface area contributed by atoms with E-state index in [0.29, 0.717) is 24.0 Å². The van der Waals surface area contributed by atoms with Gasteiger partial charge in [-0.3, -0.25) is 19.2 Å². The zero-order valence-corrected chi connectivity index (χ0v) is 28.4. The predicted octanol–water partition coefficient (Wildman–Crippen LogP) is 0.858. The summed E-state index contributed by atoms with van der Waals surface area (Å²) >= 11 is 0. The lowest BCUT2D eigenvalue weighted by atomic mass is 9.62. The third kappa shape index (κ3) is 7.04. The van der Waals surface area contributed by atoms with E-state index in [1.165, 1.54) is 18.1 Å². The predicted molar refractivity (Wildman–Crippen MR) is 174 cm³/mol. The largest absolute Gasteiger partial charge is 0.458 e. The molecule has 8 atom stereocenters. The average Bonchev–Trinajstić information content (AvgIpc) is 3.78. The second kappa shape index (κ2) is 14.1. The lowest BCUT2D eigenvalue weighted by Gasteiger charge is -2.49. The maximum atomic E-state index is 14.6.